The zero-order valence-electron chi connectivity index (χ0n) is 12.3. The predicted octanol–water partition coefficient (Wildman–Crippen LogP) is 3.58. The third-order valence-electron chi connectivity index (χ3n) is 2.73. The Balaban J connectivity index is 3.34. The lowest BCUT2D eigenvalue weighted by Crippen LogP contribution is -2.17. The Morgan fingerprint density at radius 2 is 1.68 bits per heavy atom. The van der Waals surface area contributed by atoms with Gasteiger partial charge in [-0.15, -0.1) is 0 Å². The van der Waals surface area contributed by atoms with Crippen LogP contribution in [0.1, 0.15) is 40.2 Å². The maximum absolute atomic E-state index is 12.7. The van der Waals surface area contributed by atoms with Crippen LogP contribution >= 0.6 is 7.60 Å². The van der Waals surface area contributed by atoms with Gasteiger partial charge in [-0.05, 0) is 37.0 Å². The Morgan fingerprint density at radius 1 is 1.16 bits per heavy atom. The lowest BCUT2D eigenvalue weighted by atomic mass is 9.87. The molecule has 5 heteroatoms. The highest BCUT2D eigenvalue weighted by molar-refractivity contribution is 7.62. The molecule has 0 aliphatic heterocycles. The van der Waals surface area contributed by atoms with E-state index in [1.54, 1.807) is 26.0 Å². The maximum Gasteiger partial charge on any atom is 0.365 e. The number of phenols is 1. The first-order valence-corrected chi connectivity index (χ1v) is 8.02. The SMILES string of the molecule is CCOP(=O)(OCC)c1cc(C(C)(C)C)ccc1O. The Bertz CT molecular complexity index is 467. The highest BCUT2D eigenvalue weighted by Crippen LogP contribution is 2.49. The number of hydrogen-bond acceptors (Lipinski definition) is 4. The van der Waals surface area contributed by atoms with Crippen molar-refractivity contribution in [3.8, 4) is 5.75 Å². The molecule has 4 nitrogen and oxygen atoms in total. The van der Waals surface area contributed by atoms with Gasteiger partial charge < -0.3 is 14.2 Å². The van der Waals surface area contributed by atoms with Crippen LogP contribution in [0.5, 0.6) is 5.75 Å². The van der Waals surface area contributed by atoms with Crippen LogP contribution in [-0.2, 0) is 19.0 Å². The molecule has 0 aliphatic rings. The fourth-order valence-corrected chi connectivity index (χ4v) is 3.41. The molecule has 0 atom stereocenters. The second-order valence-corrected chi connectivity index (χ2v) is 7.28. The number of phenolic OH excluding ortho intramolecular Hbond substituents is 1. The summed E-state index contributed by atoms with van der Waals surface area (Å²) in [4.78, 5) is 0. The monoisotopic (exact) mass is 286 g/mol. The highest BCUT2D eigenvalue weighted by Gasteiger charge is 2.31. The molecule has 1 rings (SSSR count). The van der Waals surface area contributed by atoms with Gasteiger partial charge in [0.15, 0.2) is 0 Å². The van der Waals surface area contributed by atoms with E-state index in [0.29, 0.717) is 0 Å². The minimum absolute atomic E-state index is 0.0572. The molecule has 0 radical (unpaired) electrons. The van der Waals surface area contributed by atoms with Gasteiger partial charge in [0.05, 0.1) is 13.2 Å². The predicted molar refractivity (Wildman–Crippen MR) is 77.3 cm³/mol. The van der Waals surface area contributed by atoms with Crippen LogP contribution in [0.4, 0.5) is 0 Å². The van der Waals surface area contributed by atoms with Crippen molar-refractivity contribution in [2.75, 3.05) is 13.2 Å². The van der Waals surface area contributed by atoms with Gasteiger partial charge in [-0.1, -0.05) is 26.8 Å². The fourth-order valence-electron chi connectivity index (χ4n) is 1.73. The van der Waals surface area contributed by atoms with Crippen molar-refractivity contribution in [1.29, 1.82) is 0 Å². The van der Waals surface area contributed by atoms with Gasteiger partial charge in [0.25, 0.3) is 0 Å². The third-order valence-corrected chi connectivity index (χ3v) is 4.88. The van der Waals surface area contributed by atoms with Crippen LogP contribution in [0.3, 0.4) is 0 Å². The molecule has 0 aromatic heterocycles. The zero-order valence-corrected chi connectivity index (χ0v) is 13.2. The highest BCUT2D eigenvalue weighted by atomic mass is 31.2. The molecule has 0 spiro atoms. The van der Waals surface area contributed by atoms with Crippen LogP contribution < -0.4 is 5.30 Å². The van der Waals surface area contributed by atoms with Crippen LogP contribution in [0.25, 0.3) is 0 Å². The third kappa shape index (κ3) is 3.82. The molecule has 0 heterocycles. The maximum atomic E-state index is 12.7. The van der Waals surface area contributed by atoms with Crippen LogP contribution in [0, 0.1) is 0 Å². The molecule has 0 saturated heterocycles. The van der Waals surface area contributed by atoms with Crippen LogP contribution in [-0.4, -0.2) is 18.3 Å². The quantitative estimate of drug-likeness (QED) is 0.840. The average Bonchev–Trinajstić information content (AvgIpc) is 2.28. The first-order valence-electron chi connectivity index (χ1n) is 6.47. The van der Waals surface area contributed by atoms with Crippen molar-refractivity contribution in [2.45, 2.75) is 40.0 Å². The molecule has 0 saturated carbocycles. The Hall–Kier alpha value is -0.830. The molecule has 0 amide bonds. The average molecular weight is 286 g/mol. The zero-order chi connectivity index (χ0) is 14.7. The molecular formula is C14H23O4P. The Labute approximate surface area is 115 Å². The molecule has 1 N–H and O–H groups in total. The molecule has 0 fully saturated rings. The largest absolute Gasteiger partial charge is 0.507 e. The van der Waals surface area contributed by atoms with Crippen molar-refractivity contribution in [2.24, 2.45) is 0 Å². The molecule has 0 unspecified atom stereocenters. The molecule has 1 aromatic rings. The number of hydrogen-bond donors (Lipinski definition) is 1. The van der Waals surface area contributed by atoms with Gasteiger partial charge >= 0.3 is 7.60 Å². The van der Waals surface area contributed by atoms with Gasteiger partial charge in [-0.3, -0.25) is 4.57 Å². The first kappa shape index (κ1) is 16.2. The van der Waals surface area contributed by atoms with E-state index in [4.69, 9.17) is 9.05 Å². The van der Waals surface area contributed by atoms with E-state index >= 15 is 0 Å². The summed E-state index contributed by atoms with van der Waals surface area (Å²) in [6.07, 6.45) is 0. The summed E-state index contributed by atoms with van der Waals surface area (Å²) in [5.41, 5.74) is 0.867. The summed E-state index contributed by atoms with van der Waals surface area (Å²) in [6.45, 7) is 10.2. The van der Waals surface area contributed by atoms with Crippen LogP contribution in [0.15, 0.2) is 18.2 Å². The number of rotatable bonds is 5. The molecule has 19 heavy (non-hydrogen) atoms. The second-order valence-electron chi connectivity index (χ2n) is 5.29. The standard InChI is InChI=1S/C14H23O4P/c1-6-17-19(16,18-7-2)13-10-11(14(3,4)5)8-9-12(13)15/h8-10,15H,6-7H2,1-5H3. The normalized spacial score (nSPS) is 12.7. The fraction of sp³-hybridized carbons (Fsp3) is 0.571. The topological polar surface area (TPSA) is 55.8 Å². The number of benzene rings is 1. The van der Waals surface area contributed by atoms with Crippen LogP contribution in [0.2, 0.25) is 0 Å². The van der Waals surface area contributed by atoms with E-state index in [0.717, 1.165) is 5.56 Å². The second kappa shape index (κ2) is 6.08. The molecule has 0 bridgehead atoms. The van der Waals surface area contributed by atoms with Gasteiger partial charge in [-0.25, -0.2) is 0 Å². The smallest absolute Gasteiger partial charge is 0.365 e. The summed E-state index contributed by atoms with van der Waals surface area (Å²) >= 11 is 0. The van der Waals surface area contributed by atoms with Gasteiger partial charge in [0, 0.05) is 0 Å². The summed E-state index contributed by atoms with van der Waals surface area (Å²) in [6, 6.07) is 5.07. The van der Waals surface area contributed by atoms with Gasteiger partial charge in [0.1, 0.15) is 11.1 Å². The van der Waals surface area contributed by atoms with Crippen molar-refractivity contribution in [1.82, 2.24) is 0 Å². The molecule has 1 aromatic carbocycles. The van der Waals surface area contributed by atoms with E-state index in [1.165, 1.54) is 0 Å². The summed E-state index contributed by atoms with van der Waals surface area (Å²) < 4.78 is 23.3. The van der Waals surface area contributed by atoms with E-state index in [-0.39, 0.29) is 29.7 Å². The van der Waals surface area contributed by atoms with Crippen molar-refractivity contribution < 1.29 is 18.7 Å². The van der Waals surface area contributed by atoms with Crippen molar-refractivity contribution in [3.63, 3.8) is 0 Å². The van der Waals surface area contributed by atoms with Gasteiger partial charge in [0.2, 0.25) is 0 Å². The first-order chi connectivity index (χ1) is 8.74. The minimum Gasteiger partial charge on any atom is -0.507 e. The van der Waals surface area contributed by atoms with Crippen molar-refractivity contribution in [3.05, 3.63) is 23.8 Å². The van der Waals surface area contributed by atoms with Gasteiger partial charge in [-0.2, -0.15) is 0 Å². The van der Waals surface area contributed by atoms with E-state index in [2.05, 4.69) is 20.8 Å². The summed E-state index contributed by atoms with van der Waals surface area (Å²) in [5.74, 6) is -0.0572. The van der Waals surface area contributed by atoms with Crippen molar-refractivity contribution >= 4 is 12.9 Å². The molecule has 0 aliphatic carbocycles. The molecule has 108 valence electrons. The minimum atomic E-state index is -3.46. The lowest BCUT2D eigenvalue weighted by molar-refractivity contribution is 0.229. The van der Waals surface area contributed by atoms with E-state index in [9.17, 15) is 9.67 Å². The Morgan fingerprint density at radius 3 is 2.11 bits per heavy atom. The number of aromatic hydroxyl groups is 1. The summed E-state index contributed by atoms with van der Waals surface area (Å²) in [5, 5.41) is 10.2. The molecular weight excluding hydrogens is 263 g/mol. The van der Waals surface area contributed by atoms with E-state index < -0.39 is 7.60 Å². The lowest BCUT2D eigenvalue weighted by Gasteiger charge is -2.23. The summed E-state index contributed by atoms with van der Waals surface area (Å²) in [7, 11) is -3.46. The van der Waals surface area contributed by atoms with E-state index in [1.807, 2.05) is 6.07 Å². The Kier molecular flexibility index (Phi) is 5.19.